The minimum Gasteiger partial charge on any atom is -0.399 e. The number of nitrogens with two attached hydrogens (primary N) is 2. The van der Waals surface area contributed by atoms with E-state index in [0.717, 1.165) is 11.3 Å². The van der Waals surface area contributed by atoms with Crippen molar-refractivity contribution >= 4 is 40.0 Å². The van der Waals surface area contributed by atoms with E-state index in [-0.39, 0.29) is 5.11 Å². The summed E-state index contributed by atoms with van der Waals surface area (Å²) in [7, 11) is 0. The number of rotatable bonds is 2. The summed E-state index contributed by atoms with van der Waals surface area (Å²) in [6, 6.07) is 11.0. The topological polar surface area (TPSA) is 103 Å². The van der Waals surface area contributed by atoms with Crippen LogP contribution in [0.5, 0.6) is 0 Å². The number of fused-ring (bicyclic) bond motifs is 1. The number of thiocarbonyl (C=S) groups is 1. The van der Waals surface area contributed by atoms with E-state index in [1.807, 2.05) is 30.3 Å². The minimum atomic E-state index is 0.157. The number of nitrogen functional groups attached to an aromatic ring is 1. The standard InChI is InChI=1S/C14H12N6S/c15-9-3-1-8(2-4-9)11-7-17-10-5-6-12(20-14(16)21)19-13(10)18-11/h1-7H,15H2,(H3,16,18,19,20,21). The van der Waals surface area contributed by atoms with Gasteiger partial charge in [0.1, 0.15) is 11.3 Å². The lowest BCUT2D eigenvalue weighted by molar-refractivity contribution is 1.23. The van der Waals surface area contributed by atoms with Crippen LogP contribution in [-0.4, -0.2) is 20.1 Å². The molecule has 0 fully saturated rings. The van der Waals surface area contributed by atoms with Crippen LogP contribution in [0.25, 0.3) is 22.4 Å². The molecule has 3 aromatic rings. The van der Waals surface area contributed by atoms with Gasteiger partial charge in [0.15, 0.2) is 10.8 Å². The predicted octanol–water partition coefficient (Wildman–Crippen LogP) is 1.93. The molecule has 0 aliphatic carbocycles. The largest absolute Gasteiger partial charge is 0.399 e. The number of hydrogen-bond donors (Lipinski definition) is 3. The molecule has 0 saturated heterocycles. The molecule has 0 saturated carbocycles. The predicted molar refractivity (Wildman–Crippen MR) is 87.6 cm³/mol. The second-order valence-corrected chi connectivity index (χ2v) is 4.85. The van der Waals surface area contributed by atoms with E-state index in [2.05, 4.69) is 20.3 Å². The summed E-state index contributed by atoms with van der Waals surface area (Å²) in [5.41, 5.74) is 14.7. The number of nitrogens with zero attached hydrogens (tertiary/aromatic N) is 3. The van der Waals surface area contributed by atoms with Crippen LogP contribution in [0.15, 0.2) is 42.6 Å². The Bertz CT molecular complexity index is 815. The Morgan fingerprint density at radius 2 is 1.81 bits per heavy atom. The zero-order valence-corrected chi connectivity index (χ0v) is 11.8. The maximum Gasteiger partial charge on any atom is 0.180 e. The molecule has 0 radical (unpaired) electrons. The molecule has 104 valence electrons. The lowest BCUT2D eigenvalue weighted by Crippen LogP contribution is -2.19. The lowest BCUT2D eigenvalue weighted by atomic mass is 10.1. The number of nitrogens with one attached hydrogen (secondary N) is 1. The van der Waals surface area contributed by atoms with Gasteiger partial charge in [-0.05, 0) is 36.5 Å². The van der Waals surface area contributed by atoms with Crippen molar-refractivity contribution in [3.05, 3.63) is 42.6 Å². The second-order valence-electron chi connectivity index (χ2n) is 4.41. The van der Waals surface area contributed by atoms with Crippen molar-refractivity contribution in [3.8, 4) is 11.3 Å². The molecule has 21 heavy (non-hydrogen) atoms. The third-order valence-corrected chi connectivity index (χ3v) is 2.97. The van der Waals surface area contributed by atoms with Crippen molar-refractivity contribution in [2.45, 2.75) is 0 Å². The third kappa shape index (κ3) is 2.87. The van der Waals surface area contributed by atoms with E-state index in [4.69, 9.17) is 23.7 Å². The van der Waals surface area contributed by atoms with Gasteiger partial charge in [-0.15, -0.1) is 0 Å². The molecule has 0 unspecified atom stereocenters. The van der Waals surface area contributed by atoms with Crippen molar-refractivity contribution in [1.82, 2.24) is 15.0 Å². The van der Waals surface area contributed by atoms with Gasteiger partial charge in [-0.2, -0.15) is 0 Å². The molecule has 1 aromatic carbocycles. The first-order chi connectivity index (χ1) is 10.1. The van der Waals surface area contributed by atoms with Gasteiger partial charge in [0.2, 0.25) is 0 Å². The number of anilines is 2. The van der Waals surface area contributed by atoms with Crippen LogP contribution in [-0.2, 0) is 0 Å². The number of benzene rings is 1. The van der Waals surface area contributed by atoms with Gasteiger partial charge in [-0.25, -0.2) is 9.97 Å². The molecule has 2 aromatic heterocycles. The number of pyridine rings is 1. The number of hydrogen-bond acceptors (Lipinski definition) is 5. The normalized spacial score (nSPS) is 10.5. The summed E-state index contributed by atoms with van der Waals surface area (Å²) >= 11 is 4.79. The molecule has 3 rings (SSSR count). The highest BCUT2D eigenvalue weighted by molar-refractivity contribution is 7.80. The first kappa shape index (κ1) is 13.2. The third-order valence-electron chi connectivity index (χ3n) is 2.86. The van der Waals surface area contributed by atoms with E-state index >= 15 is 0 Å². The first-order valence-corrected chi connectivity index (χ1v) is 6.59. The summed E-state index contributed by atoms with van der Waals surface area (Å²) in [6.07, 6.45) is 1.70. The maximum atomic E-state index is 5.68. The van der Waals surface area contributed by atoms with Gasteiger partial charge in [-0.1, -0.05) is 12.1 Å². The van der Waals surface area contributed by atoms with Crippen molar-refractivity contribution in [2.24, 2.45) is 5.73 Å². The molecular formula is C14H12N6S. The lowest BCUT2D eigenvalue weighted by Gasteiger charge is -2.05. The fraction of sp³-hybridized carbons (Fsp3) is 0. The zero-order valence-electron chi connectivity index (χ0n) is 10.9. The van der Waals surface area contributed by atoms with Gasteiger partial charge < -0.3 is 16.8 Å². The first-order valence-electron chi connectivity index (χ1n) is 6.18. The molecule has 0 aliphatic rings. The minimum absolute atomic E-state index is 0.157. The van der Waals surface area contributed by atoms with E-state index in [1.165, 1.54) is 0 Å². The van der Waals surface area contributed by atoms with Gasteiger partial charge in [0, 0.05) is 11.3 Å². The molecule has 0 spiro atoms. The molecule has 0 aliphatic heterocycles. The summed E-state index contributed by atoms with van der Waals surface area (Å²) in [5, 5.41) is 2.93. The smallest absolute Gasteiger partial charge is 0.180 e. The van der Waals surface area contributed by atoms with Crippen molar-refractivity contribution in [3.63, 3.8) is 0 Å². The zero-order chi connectivity index (χ0) is 14.8. The van der Waals surface area contributed by atoms with Crippen LogP contribution in [0, 0.1) is 0 Å². The molecular weight excluding hydrogens is 284 g/mol. The highest BCUT2D eigenvalue weighted by Gasteiger charge is 2.05. The van der Waals surface area contributed by atoms with Crippen LogP contribution in [0.2, 0.25) is 0 Å². The average molecular weight is 296 g/mol. The molecule has 0 bridgehead atoms. The fourth-order valence-electron chi connectivity index (χ4n) is 1.89. The van der Waals surface area contributed by atoms with Crippen LogP contribution < -0.4 is 16.8 Å². The van der Waals surface area contributed by atoms with Crippen LogP contribution >= 0.6 is 12.2 Å². The second kappa shape index (κ2) is 5.29. The van der Waals surface area contributed by atoms with Crippen molar-refractivity contribution < 1.29 is 0 Å². The summed E-state index contributed by atoms with van der Waals surface area (Å²) in [4.78, 5) is 13.2. The van der Waals surface area contributed by atoms with E-state index in [9.17, 15) is 0 Å². The van der Waals surface area contributed by atoms with Crippen molar-refractivity contribution in [2.75, 3.05) is 11.1 Å². The Labute approximate surface area is 126 Å². The van der Waals surface area contributed by atoms with Crippen molar-refractivity contribution in [1.29, 1.82) is 0 Å². The van der Waals surface area contributed by atoms with Crippen LogP contribution in [0.1, 0.15) is 0 Å². The highest BCUT2D eigenvalue weighted by atomic mass is 32.1. The Morgan fingerprint density at radius 3 is 2.52 bits per heavy atom. The Kier molecular flexibility index (Phi) is 3.33. The maximum absolute atomic E-state index is 5.68. The Hall–Kier alpha value is -2.80. The molecule has 0 atom stereocenters. The van der Waals surface area contributed by atoms with Crippen LogP contribution in [0.4, 0.5) is 11.5 Å². The summed E-state index contributed by atoms with van der Waals surface area (Å²) in [5.74, 6) is 0.541. The summed E-state index contributed by atoms with van der Waals surface area (Å²) < 4.78 is 0. The van der Waals surface area contributed by atoms with Gasteiger partial charge in [0.25, 0.3) is 0 Å². The molecule has 5 N–H and O–H groups in total. The van der Waals surface area contributed by atoms with E-state index < -0.39 is 0 Å². The van der Waals surface area contributed by atoms with E-state index in [0.29, 0.717) is 22.7 Å². The monoisotopic (exact) mass is 296 g/mol. The van der Waals surface area contributed by atoms with Gasteiger partial charge in [0.05, 0.1) is 11.9 Å². The SMILES string of the molecule is NC(=S)Nc1ccc2ncc(-c3ccc(N)cc3)nc2n1. The highest BCUT2D eigenvalue weighted by Crippen LogP contribution is 2.20. The quantitative estimate of drug-likeness (QED) is 0.490. The van der Waals surface area contributed by atoms with Gasteiger partial charge >= 0.3 is 0 Å². The Balaban J connectivity index is 2.05. The molecule has 2 heterocycles. The average Bonchev–Trinajstić information content (AvgIpc) is 2.46. The van der Waals surface area contributed by atoms with E-state index in [1.54, 1.807) is 12.3 Å². The fourth-order valence-corrected chi connectivity index (χ4v) is 1.99. The van der Waals surface area contributed by atoms with Crippen LogP contribution in [0.3, 0.4) is 0 Å². The molecule has 6 nitrogen and oxygen atoms in total. The Morgan fingerprint density at radius 1 is 1.05 bits per heavy atom. The van der Waals surface area contributed by atoms with Gasteiger partial charge in [-0.3, -0.25) is 4.98 Å². The molecule has 7 heteroatoms. The summed E-state index contributed by atoms with van der Waals surface area (Å²) in [6.45, 7) is 0. The molecule has 0 amide bonds. The number of aromatic nitrogens is 3.